The first kappa shape index (κ1) is 26.8. The van der Waals surface area contributed by atoms with Crippen molar-refractivity contribution in [2.24, 2.45) is 5.92 Å². The van der Waals surface area contributed by atoms with Crippen LogP contribution >= 0.6 is 0 Å². The third-order valence-electron chi connectivity index (χ3n) is 6.44. The summed E-state index contributed by atoms with van der Waals surface area (Å²) in [6, 6.07) is 2.57. The van der Waals surface area contributed by atoms with Crippen molar-refractivity contribution in [1.29, 1.82) is 0 Å². The smallest absolute Gasteiger partial charge is 0.115 e. The Labute approximate surface area is 213 Å². The Morgan fingerprint density at radius 2 is 2.00 bits per heavy atom. The molecule has 0 spiro atoms. The SMILES string of the molecule is C\C=C/C(=C\C(=C\CC)C1CC1)c1cc2n(n1)CCCC2N/C(C)=C/C=C\C(=C\CCC)OCC. The number of allylic oxidation sites excluding steroid dienone is 11. The van der Waals surface area contributed by atoms with E-state index in [0.29, 0.717) is 6.61 Å². The van der Waals surface area contributed by atoms with E-state index in [4.69, 9.17) is 9.84 Å². The third-order valence-corrected chi connectivity index (χ3v) is 6.44. The topological polar surface area (TPSA) is 39.1 Å². The van der Waals surface area contributed by atoms with Crippen LogP contribution in [0.25, 0.3) is 5.57 Å². The summed E-state index contributed by atoms with van der Waals surface area (Å²) >= 11 is 0. The van der Waals surface area contributed by atoms with E-state index < -0.39 is 0 Å². The summed E-state index contributed by atoms with van der Waals surface area (Å²) in [5.41, 5.74) is 6.21. The van der Waals surface area contributed by atoms with Crippen molar-refractivity contribution in [3.8, 4) is 0 Å². The van der Waals surface area contributed by atoms with Crippen LogP contribution in [0.15, 0.2) is 71.7 Å². The van der Waals surface area contributed by atoms with Crippen molar-refractivity contribution >= 4 is 5.57 Å². The molecule has 2 heterocycles. The van der Waals surface area contributed by atoms with E-state index >= 15 is 0 Å². The Hall–Kier alpha value is -2.75. The van der Waals surface area contributed by atoms with Crippen LogP contribution in [0.1, 0.15) is 97.0 Å². The molecule has 0 amide bonds. The van der Waals surface area contributed by atoms with Gasteiger partial charge in [0.2, 0.25) is 0 Å². The van der Waals surface area contributed by atoms with Gasteiger partial charge < -0.3 is 10.1 Å². The van der Waals surface area contributed by atoms with Crippen LogP contribution in [0.3, 0.4) is 0 Å². The zero-order valence-electron chi connectivity index (χ0n) is 22.5. The molecule has 1 fully saturated rings. The molecule has 0 bridgehead atoms. The second-order valence-electron chi connectivity index (χ2n) is 9.54. The first-order valence-electron chi connectivity index (χ1n) is 13.7. The number of nitrogens with zero attached hydrogens (tertiary/aromatic N) is 2. The molecule has 4 heteroatoms. The minimum absolute atomic E-state index is 0.276. The maximum atomic E-state index is 5.73. The molecule has 4 nitrogen and oxygen atoms in total. The summed E-state index contributed by atoms with van der Waals surface area (Å²) in [5.74, 6) is 1.69. The quantitative estimate of drug-likeness (QED) is 0.231. The molecule has 1 N–H and O–H groups in total. The standard InChI is InChI=1S/C31H45N3O/c1-6-10-16-28(35-9-4)17-11-15-24(5)32-29-18-12-21-34-31(29)23-30(33-34)27(14-8-3)22-26(13-7-2)25-19-20-25/h8,11,13-17,22-23,25,29,32H,6-7,9-10,12,18-21H2,1-5H3/b14-8-,17-11-,24-15+,26-13-,27-22+,28-16-. The van der Waals surface area contributed by atoms with Crippen LogP contribution in [0.2, 0.25) is 0 Å². The predicted octanol–water partition coefficient (Wildman–Crippen LogP) is 8.19. The minimum atomic E-state index is 0.276. The fourth-order valence-electron chi connectivity index (χ4n) is 4.57. The largest absolute Gasteiger partial charge is 0.494 e. The van der Waals surface area contributed by atoms with E-state index in [0.717, 1.165) is 61.7 Å². The van der Waals surface area contributed by atoms with Crippen LogP contribution in [0, 0.1) is 5.92 Å². The lowest BCUT2D eigenvalue weighted by molar-refractivity contribution is 0.241. The van der Waals surface area contributed by atoms with Gasteiger partial charge in [0.15, 0.2) is 0 Å². The highest BCUT2D eigenvalue weighted by Crippen LogP contribution is 2.39. The predicted molar refractivity (Wildman–Crippen MR) is 149 cm³/mol. The highest BCUT2D eigenvalue weighted by atomic mass is 16.5. The highest BCUT2D eigenvalue weighted by Gasteiger charge is 2.26. The van der Waals surface area contributed by atoms with Gasteiger partial charge in [0.05, 0.1) is 24.0 Å². The van der Waals surface area contributed by atoms with Gasteiger partial charge in [-0.2, -0.15) is 5.10 Å². The molecule has 1 aliphatic heterocycles. The molecule has 190 valence electrons. The van der Waals surface area contributed by atoms with Gasteiger partial charge in [-0.1, -0.05) is 44.6 Å². The molecular formula is C31H45N3O. The summed E-state index contributed by atoms with van der Waals surface area (Å²) in [6.45, 7) is 12.3. The molecule has 1 unspecified atom stereocenters. The Morgan fingerprint density at radius 1 is 1.17 bits per heavy atom. The first-order valence-corrected chi connectivity index (χ1v) is 13.7. The molecule has 1 aromatic rings. The molecule has 3 rings (SSSR count). The normalized spacial score (nSPS) is 20.1. The summed E-state index contributed by atoms with van der Waals surface area (Å²) < 4.78 is 7.93. The average Bonchev–Trinajstić information content (AvgIpc) is 3.60. The second kappa shape index (κ2) is 14.0. The minimum Gasteiger partial charge on any atom is -0.494 e. The van der Waals surface area contributed by atoms with Crippen LogP contribution in [0.5, 0.6) is 0 Å². The lowest BCUT2D eigenvalue weighted by Gasteiger charge is -2.25. The van der Waals surface area contributed by atoms with E-state index in [1.807, 2.05) is 6.92 Å². The molecule has 1 atom stereocenters. The van der Waals surface area contributed by atoms with Gasteiger partial charge >= 0.3 is 0 Å². The van der Waals surface area contributed by atoms with Crippen molar-refractivity contribution in [2.45, 2.75) is 92.2 Å². The molecule has 0 radical (unpaired) electrons. The van der Waals surface area contributed by atoms with E-state index in [9.17, 15) is 0 Å². The summed E-state index contributed by atoms with van der Waals surface area (Å²) in [7, 11) is 0. The number of ether oxygens (including phenoxy) is 1. The average molecular weight is 476 g/mol. The molecule has 1 aliphatic carbocycles. The van der Waals surface area contributed by atoms with Crippen LogP contribution < -0.4 is 5.32 Å². The van der Waals surface area contributed by atoms with Crippen LogP contribution in [-0.2, 0) is 11.3 Å². The zero-order valence-corrected chi connectivity index (χ0v) is 22.5. The van der Waals surface area contributed by atoms with Gasteiger partial charge in [-0.25, -0.2) is 0 Å². The molecule has 1 aromatic heterocycles. The van der Waals surface area contributed by atoms with E-state index in [2.05, 4.69) is 92.4 Å². The maximum Gasteiger partial charge on any atom is 0.115 e. The molecular weight excluding hydrogens is 430 g/mol. The Kier molecular flexibility index (Phi) is 10.7. The number of aromatic nitrogens is 2. The van der Waals surface area contributed by atoms with Crippen LogP contribution in [-0.4, -0.2) is 16.4 Å². The summed E-state index contributed by atoms with van der Waals surface area (Å²) in [4.78, 5) is 0. The number of rotatable bonds is 13. The van der Waals surface area contributed by atoms with E-state index in [1.54, 1.807) is 0 Å². The van der Waals surface area contributed by atoms with Crippen molar-refractivity contribution in [3.05, 3.63) is 83.1 Å². The molecule has 2 aliphatic rings. The fraction of sp³-hybridized carbons (Fsp3) is 0.516. The monoisotopic (exact) mass is 475 g/mol. The van der Waals surface area contributed by atoms with Gasteiger partial charge in [0, 0.05) is 17.8 Å². The summed E-state index contributed by atoms with van der Waals surface area (Å²) in [5, 5.41) is 8.76. The number of aryl methyl sites for hydroxylation is 1. The Bertz CT molecular complexity index is 998. The Morgan fingerprint density at radius 3 is 2.69 bits per heavy atom. The number of nitrogens with one attached hydrogen (secondary N) is 1. The van der Waals surface area contributed by atoms with E-state index in [1.165, 1.54) is 29.7 Å². The molecule has 0 saturated heterocycles. The van der Waals surface area contributed by atoms with Gasteiger partial charge in [0.25, 0.3) is 0 Å². The van der Waals surface area contributed by atoms with Gasteiger partial charge in [-0.3, -0.25) is 4.68 Å². The third kappa shape index (κ3) is 8.16. The number of fused-ring (bicyclic) bond motifs is 1. The van der Waals surface area contributed by atoms with Gasteiger partial charge in [-0.05, 0) is 101 Å². The number of hydrogen-bond donors (Lipinski definition) is 1. The fourth-order valence-corrected chi connectivity index (χ4v) is 4.57. The lowest BCUT2D eigenvalue weighted by atomic mass is 10.0. The Balaban J connectivity index is 1.76. The zero-order chi connectivity index (χ0) is 25.0. The maximum absolute atomic E-state index is 5.73. The van der Waals surface area contributed by atoms with E-state index in [-0.39, 0.29) is 6.04 Å². The first-order chi connectivity index (χ1) is 17.1. The highest BCUT2D eigenvalue weighted by molar-refractivity contribution is 5.74. The van der Waals surface area contributed by atoms with Crippen LogP contribution in [0.4, 0.5) is 0 Å². The van der Waals surface area contributed by atoms with Crippen molar-refractivity contribution < 1.29 is 4.74 Å². The van der Waals surface area contributed by atoms with Crippen molar-refractivity contribution in [3.63, 3.8) is 0 Å². The summed E-state index contributed by atoms with van der Waals surface area (Å²) in [6.07, 6.45) is 25.7. The van der Waals surface area contributed by atoms with Gasteiger partial charge in [-0.15, -0.1) is 0 Å². The molecule has 0 aromatic carbocycles. The second-order valence-corrected chi connectivity index (χ2v) is 9.54. The number of hydrogen-bond acceptors (Lipinski definition) is 3. The molecule has 1 saturated carbocycles. The molecule has 35 heavy (non-hydrogen) atoms. The van der Waals surface area contributed by atoms with Gasteiger partial charge in [0.1, 0.15) is 5.76 Å². The lowest BCUT2D eigenvalue weighted by Crippen LogP contribution is -2.26. The van der Waals surface area contributed by atoms with Crippen molar-refractivity contribution in [1.82, 2.24) is 15.1 Å². The number of unbranched alkanes of at least 4 members (excludes halogenated alkanes) is 1. The van der Waals surface area contributed by atoms with Crippen molar-refractivity contribution in [2.75, 3.05) is 6.61 Å².